The second-order valence-corrected chi connectivity index (χ2v) is 9.18. The molecule has 6 nitrogen and oxygen atoms in total. The van der Waals surface area contributed by atoms with E-state index in [1.807, 2.05) is 42.5 Å². The molecule has 1 aliphatic heterocycles. The molecular weight excluding hydrogens is 436 g/mol. The first-order chi connectivity index (χ1) is 15.8. The number of ether oxygens (including phenoxy) is 2. The van der Waals surface area contributed by atoms with Crippen LogP contribution in [0, 0.1) is 0 Å². The topological polar surface area (TPSA) is 69.9 Å². The molecule has 0 fully saturated rings. The predicted molar refractivity (Wildman–Crippen MR) is 129 cm³/mol. The molecule has 0 saturated carbocycles. The quantitative estimate of drug-likeness (QED) is 0.544. The number of methoxy groups -OCH3 is 2. The summed E-state index contributed by atoms with van der Waals surface area (Å²) >= 11 is 1.32. The summed E-state index contributed by atoms with van der Waals surface area (Å²) in [4.78, 5) is 31.4. The summed E-state index contributed by atoms with van der Waals surface area (Å²) in [7, 11) is 2.93. The highest BCUT2D eigenvalue weighted by atomic mass is 32.1. The van der Waals surface area contributed by atoms with E-state index < -0.39 is 12.0 Å². The summed E-state index contributed by atoms with van der Waals surface area (Å²) < 4.78 is 12.5. The van der Waals surface area contributed by atoms with Crippen LogP contribution in [0.3, 0.4) is 0 Å². The molecule has 1 aliphatic rings. The molecule has 0 aliphatic carbocycles. The Labute approximate surface area is 196 Å². The Morgan fingerprint density at radius 3 is 2.33 bits per heavy atom. The van der Waals surface area contributed by atoms with Crippen LogP contribution in [-0.2, 0) is 9.53 Å². The van der Waals surface area contributed by atoms with Crippen molar-refractivity contribution in [3.05, 3.63) is 96.2 Å². The maximum absolute atomic E-state index is 13.5. The average molecular weight is 463 g/mol. The zero-order valence-electron chi connectivity index (χ0n) is 19.3. The molecule has 2 aromatic carbocycles. The van der Waals surface area contributed by atoms with Crippen molar-refractivity contribution in [2.75, 3.05) is 14.2 Å². The fraction of sp³-hybridized carbons (Fsp3) is 0.269. The maximum Gasteiger partial charge on any atom is 0.338 e. The van der Waals surface area contributed by atoms with Gasteiger partial charge in [0.2, 0.25) is 0 Å². The van der Waals surface area contributed by atoms with Gasteiger partial charge in [-0.1, -0.05) is 61.6 Å². The molecule has 1 aromatic heterocycles. The highest BCUT2D eigenvalue weighted by Gasteiger charge is 2.33. The van der Waals surface area contributed by atoms with Crippen molar-refractivity contribution < 1.29 is 14.3 Å². The van der Waals surface area contributed by atoms with Crippen molar-refractivity contribution in [3.8, 4) is 5.75 Å². The number of hydrogen-bond donors (Lipinski definition) is 0. The van der Waals surface area contributed by atoms with Gasteiger partial charge in [0.25, 0.3) is 5.56 Å². The van der Waals surface area contributed by atoms with Crippen LogP contribution in [-0.4, -0.2) is 24.8 Å². The average Bonchev–Trinajstić information content (AvgIpc) is 3.12. The highest BCUT2D eigenvalue weighted by Crippen LogP contribution is 2.31. The largest absolute Gasteiger partial charge is 0.497 e. The third-order valence-electron chi connectivity index (χ3n) is 5.76. The van der Waals surface area contributed by atoms with Gasteiger partial charge in [-0.15, -0.1) is 0 Å². The number of thiazole rings is 1. The fourth-order valence-electron chi connectivity index (χ4n) is 3.92. The number of esters is 1. The number of aromatic nitrogens is 1. The molecule has 7 heteroatoms. The molecule has 3 aromatic rings. The van der Waals surface area contributed by atoms with Crippen LogP contribution in [0.25, 0.3) is 6.08 Å². The number of benzene rings is 2. The van der Waals surface area contributed by atoms with Gasteiger partial charge in [0.05, 0.1) is 36.1 Å². The zero-order valence-corrected chi connectivity index (χ0v) is 20.1. The summed E-state index contributed by atoms with van der Waals surface area (Å²) in [6.45, 7) is 6.06. The van der Waals surface area contributed by atoms with Gasteiger partial charge in [-0.2, -0.15) is 0 Å². The van der Waals surface area contributed by atoms with Crippen LogP contribution in [0.15, 0.2) is 69.6 Å². The van der Waals surface area contributed by atoms with E-state index in [-0.39, 0.29) is 5.56 Å². The molecule has 0 spiro atoms. The van der Waals surface area contributed by atoms with Crippen LogP contribution < -0.4 is 19.6 Å². The summed E-state index contributed by atoms with van der Waals surface area (Å²) in [6.07, 6.45) is 1.87. The Hall–Kier alpha value is -3.45. The number of nitrogens with zero attached hydrogens (tertiary/aromatic N) is 2. The molecule has 4 rings (SSSR count). The molecule has 0 radical (unpaired) electrons. The number of carbonyl (C=O) groups is 1. The Morgan fingerprint density at radius 1 is 1.09 bits per heavy atom. The Morgan fingerprint density at radius 2 is 1.76 bits per heavy atom. The molecular formula is C26H26N2O4S. The minimum Gasteiger partial charge on any atom is -0.497 e. The normalized spacial score (nSPS) is 15.9. The standard InChI is InChI=1S/C26H26N2O4S/c1-15(2)18-8-6-17(7-9-18)14-21-24(29)28-23(19-10-12-20(31-4)13-11-19)22(25(30)32-5)16(3)27-26(28)33-21/h6-15,23H,1-5H3. The first kappa shape index (κ1) is 22.7. The molecule has 2 heterocycles. The molecule has 1 unspecified atom stereocenters. The minimum absolute atomic E-state index is 0.193. The molecule has 0 saturated heterocycles. The Kier molecular flexibility index (Phi) is 6.33. The summed E-state index contributed by atoms with van der Waals surface area (Å²) in [5.74, 6) is 0.625. The van der Waals surface area contributed by atoms with Gasteiger partial charge in [-0.05, 0) is 47.7 Å². The second-order valence-electron chi connectivity index (χ2n) is 8.17. The summed E-state index contributed by atoms with van der Waals surface area (Å²) in [5.41, 5.74) is 3.65. The van der Waals surface area contributed by atoms with Gasteiger partial charge >= 0.3 is 5.97 Å². The predicted octanol–water partition coefficient (Wildman–Crippen LogP) is 3.54. The van der Waals surface area contributed by atoms with E-state index >= 15 is 0 Å². The number of allylic oxidation sites excluding steroid dienone is 1. The monoisotopic (exact) mass is 462 g/mol. The molecule has 170 valence electrons. The first-order valence-electron chi connectivity index (χ1n) is 10.7. The molecule has 1 atom stereocenters. The summed E-state index contributed by atoms with van der Waals surface area (Å²) in [6, 6.07) is 14.9. The maximum atomic E-state index is 13.5. The van der Waals surface area contributed by atoms with Gasteiger partial charge in [0.1, 0.15) is 5.75 Å². The van der Waals surface area contributed by atoms with Gasteiger partial charge in [0, 0.05) is 0 Å². The number of carbonyl (C=O) groups excluding carboxylic acids is 1. The van der Waals surface area contributed by atoms with Crippen LogP contribution in [0.1, 0.15) is 49.4 Å². The SMILES string of the molecule is COC(=O)C1=C(C)N=c2sc(=Cc3ccc(C(C)C)cc3)c(=O)n2C1c1ccc(OC)cc1. The number of hydrogen-bond acceptors (Lipinski definition) is 6. The van der Waals surface area contributed by atoms with Gasteiger partial charge in [0.15, 0.2) is 4.80 Å². The highest BCUT2D eigenvalue weighted by molar-refractivity contribution is 7.07. The molecule has 0 N–H and O–H groups in total. The van der Waals surface area contributed by atoms with Crippen molar-refractivity contribution >= 4 is 23.4 Å². The van der Waals surface area contributed by atoms with E-state index in [1.54, 1.807) is 18.6 Å². The third kappa shape index (κ3) is 4.28. The lowest BCUT2D eigenvalue weighted by molar-refractivity contribution is -0.136. The van der Waals surface area contributed by atoms with E-state index in [4.69, 9.17) is 9.47 Å². The van der Waals surface area contributed by atoms with Gasteiger partial charge in [-0.3, -0.25) is 9.36 Å². The summed E-state index contributed by atoms with van der Waals surface area (Å²) in [5, 5.41) is 0. The Balaban J connectivity index is 1.90. The van der Waals surface area contributed by atoms with Gasteiger partial charge < -0.3 is 9.47 Å². The van der Waals surface area contributed by atoms with Gasteiger partial charge in [-0.25, -0.2) is 9.79 Å². The van der Waals surface area contributed by atoms with E-state index in [1.165, 1.54) is 24.0 Å². The minimum atomic E-state index is -0.634. The third-order valence-corrected chi connectivity index (χ3v) is 6.74. The van der Waals surface area contributed by atoms with Crippen molar-refractivity contribution in [2.45, 2.75) is 32.7 Å². The Bertz CT molecular complexity index is 1390. The van der Waals surface area contributed by atoms with E-state index in [0.717, 1.165) is 11.1 Å². The lowest BCUT2D eigenvalue weighted by Gasteiger charge is -2.24. The van der Waals surface area contributed by atoms with Crippen LogP contribution in [0.2, 0.25) is 0 Å². The second kappa shape index (κ2) is 9.19. The smallest absolute Gasteiger partial charge is 0.338 e. The van der Waals surface area contributed by atoms with Crippen LogP contribution >= 0.6 is 11.3 Å². The van der Waals surface area contributed by atoms with Crippen molar-refractivity contribution in [1.82, 2.24) is 4.57 Å². The van der Waals surface area contributed by atoms with E-state index in [9.17, 15) is 9.59 Å². The van der Waals surface area contributed by atoms with E-state index in [0.29, 0.717) is 32.3 Å². The number of fused-ring (bicyclic) bond motifs is 1. The first-order valence-corrected chi connectivity index (χ1v) is 11.5. The van der Waals surface area contributed by atoms with Crippen LogP contribution in [0.5, 0.6) is 5.75 Å². The molecule has 0 bridgehead atoms. The molecule has 33 heavy (non-hydrogen) atoms. The van der Waals surface area contributed by atoms with Crippen LogP contribution in [0.4, 0.5) is 0 Å². The van der Waals surface area contributed by atoms with Crippen molar-refractivity contribution in [1.29, 1.82) is 0 Å². The lowest BCUT2D eigenvalue weighted by atomic mass is 9.96. The van der Waals surface area contributed by atoms with Crippen molar-refractivity contribution in [2.24, 2.45) is 4.99 Å². The fourth-order valence-corrected chi connectivity index (χ4v) is 4.97. The van der Waals surface area contributed by atoms with Crippen molar-refractivity contribution in [3.63, 3.8) is 0 Å². The zero-order chi connectivity index (χ0) is 23.7. The van der Waals surface area contributed by atoms with E-state index in [2.05, 4.69) is 31.0 Å². The lowest BCUT2D eigenvalue weighted by Crippen LogP contribution is -2.39. The number of rotatable bonds is 5. The molecule has 0 amide bonds.